The molecule has 22 heavy (non-hydrogen) atoms. The molecule has 0 N–H and O–H groups in total. The number of carboxylic acid groups (broad SMARTS) is 4. The standard InChI is InChI=1S/C10H16N2O8.2Ni/c13-7(14)3-11(4-8(15)16)1-2-12(5-9(17)18)6-10(19)20;;/h1-6H2,(H,13,14)(H,15,16)(H,17,18)(H,19,20);;/q;2*+2/p-4. The molecule has 0 atom stereocenters. The molecule has 130 valence electrons. The fourth-order valence-electron chi connectivity index (χ4n) is 1.44. The summed E-state index contributed by atoms with van der Waals surface area (Å²) in [5.74, 6) is -6.12. The van der Waals surface area contributed by atoms with Crippen molar-refractivity contribution in [3.8, 4) is 0 Å². The molecular weight excluding hydrogens is 394 g/mol. The van der Waals surface area contributed by atoms with Crippen molar-refractivity contribution in [1.29, 1.82) is 0 Å². The van der Waals surface area contributed by atoms with Crippen molar-refractivity contribution >= 4 is 23.9 Å². The van der Waals surface area contributed by atoms with Gasteiger partial charge in [-0.05, 0) is 0 Å². The summed E-state index contributed by atoms with van der Waals surface area (Å²) in [5.41, 5.74) is 0. The van der Waals surface area contributed by atoms with E-state index in [-0.39, 0.29) is 46.1 Å². The quantitative estimate of drug-likeness (QED) is 0.301. The van der Waals surface area contributed by atoms with Gasteiger partial charge in [0, 0.05) is 39.3 Å². The zero-order valence-corrected chi connectivity index (χ0v) is 13.0. The van der Waals surface area contributed by atoms with E-state index in [0.717, 1.165) is 9.80 Å². The third kappa shape index (κ3) is 15.2. The molecule has 0 saturated heterocycles. The van der Waals surface area contributed by atoms with E-state index in [1.54, 1.807) is 0 Å². The Morgan fingerprint density at radius 1 is 0.545 bits per heavy atom. The van der Waals surface area contributed by atoms with Crippen LogP contribution >= 0.6 is 0 Å². The third-order valence-electron chi connectivity index (χ3n) is 2.14. The van der Waals surface area contributed by atoms with Crippen LogP contribution in [0.1, 0.15) is 0 Å². The summed E-state index contributed by atoms with van der Waals surface area (Å²) in [6.07, 6.45) is 0. The minimum Gasteiger partial charge on any atom is -0.549 e. The van der Waals surface area contributed by atoms with E-state index < -0.39 is 50.1 Å². The van der Waals surface area contributed by atoms with Crippen molar-refractivity contribution in [1.82, 2.24) is 9.80 Å². The Morgan fingerprint density at radius 2 is 0.727 bits per heavy atom. The van der Waals surface area contributed by atoms with Crippen molar-refractivity contribution in [2.75, 3.05) is 39.3 Å². The molecule has 0 bridgehead atoms. The smallest absolute Gasteiger partial charge is 0.549 e. The minimum absolute atomic E-state index is 0. The minimum atomic E-state index is -1.53. The van der Waals surface area contributed by atoms with Gasteiger partial charge in [0.15, 0.2) is 0 Å². The second-order valence-corrected chi connectivity index (χ2v) is 3.91. The largest absolute Gasteiger partial charge is 2.00 e. The normalized spacial score (nSPS) is 9.73. The van der Waals surface area contributed by atoms with Gasteiger partial charge in [0.25, 0.3) is 0 Å². The van der Waals surface area contributed by atoms with E-state index in [1.165, 1.54) is 0 Å². The summed E-state index contributed by atoms with van der Waals surface area (Å²) >= 11 is 0. The SMILES string of the molecule is O=C([O-])CN(CCN(CC(=O)[O-])CC(=O)[O-])CC(=O)[O-].[Ni+2].[Ni+2]. The van der Waals surface area contributed by atoms with E-state index in [9.17, 15) is 39.6 Å². The van der Waals surface area contributed by atoms with Crippen LogP contribution in [0.25, 0.3) is 0 Å². The number of hydrogen-bond donors (Lipinski definition) is 0. The Labute approximate surface area is 145 Å². The fourth-order valence-corrected chi connectivity index (χ4v) is 1.44. The first kappa shape index (κ1) is 25.7. The second-order valence-electron chi connectivity index (χ2n) is 3.91. The molecule has 0 aliphatic heterocycles. The zero-order valence-electron chi connectivity index (χ0n) is 11.0. The molecule has 10 nitrogen and oxygen atoms in total. The summed E-state index contributed by atoms with van der Waals surface area (Å²) in [6.45, 7) is -3.25. The fraction of sp³-hybridized carbons (Fsp3) is 0.600. The Bertz CT molecular complexity index is 325. The summed E-state index contributed by atoms with van der Waals surface area (Å²) in [4.78, 5) is 43.4. The number of nitrogens with zero attached hydrogens (tertiary/aromatic N) is 2. The summed E-state index contributed by atoms with van der Waals surface area (Å²) in [5, 5.41) is 41.6. The molecule has 0 rings (SSSR count). The van der Waals surface area contributed by atoms with Gasteiger partial charge in [-0.15, -0.1) is 0 Å². The molecule has 0 aromatic rings. The third-order valence-corrected chi connectivity index (χ3v) is 2.14. The second kappa shape index (κ2) is 13.4. The monoisotopic (exact) mass is 404 g/mol. The zero-order chi connectivity index (χ0) is 15.7. The van der Waals surface area contributed by atoms with Crippen molar-refractivity contribution < 1.29 is 72.6 Å². The van der Waals surface area contributed by atoms with Crippen LogP contribution in [0.2, 0.25) is 0 Å². The summed E-state index contributed by atoms with van der Waals surface area (Å²) in [6, 6.07) is 0. The summed E-state index contributed by atoms with van der Waals surface area (Å²) < 4.78 is 0. The van der Waals surface area contributed by atoms with E-state index >= 15 is 0 Å². The Morgan fingerprint density at radius 3 is 0.864 bits per heavy atom. The van der Waals surface area contributed by atoms with Crippen LogP contribution in [0.3, 0.4) is 0 Å². The Hall–Kier alpha value is -1.21. The molecule has 0 heterocycles. The number of aliphatic carboxylic acids is 4. The molecule has 0 aliphatic carbocycles. The summed E-state index contributed by atoms with van der Waals surface area (Å²) in [7, 11) is 0. The average Bonchev–Trinajstić information content (AvgIpc) is 2.22. The first-order valence-corrected chi connectivity index (χ1v) is 5.44. The van der Waals surface area contributed by atoms with Gasteiger partial charge in [0.1, 0.15) is 0 Å². The van der Waals surface area contributed by atoms with Gasteiger partial charge >= 0.3 is 33.0 Å². The Balaban J connectivity index is -0.00000180. The van der Waals surface area contributed by atoms with Crippen LogP contribution < -0.4 is 20.4 Å². The number of carbonyl (C=O) groups is 4. The molecule has 0 aliphatic rings. The maximum Gasteiger partial charge on any atom is 2.00 e. The molecule has 0 aromatic carbocycles. The van der Waals surface area contributed by atoms with Gasteiger partial charge in [0.05, 0.1) is 23.9 Å². The molecule has 12 heteroatoms. The molecular formula is C10H12N2Ni2O8. The number of carbonyl (C=O) groups excluding carboxylic acids is 4. The van der Waals surface area contributed by atoms with Crippen LogP contribution in [0.4, 0.5) is 0 Å². The molecule has 0 aromatic heterocycles. The van der Waals surface area contributed by atoms with Crippen molar-refractivity contribution in [3.05, 3.63) is 0 Å². The van der Waals surface area contributed by atoms with Gasteiger partial charge in [-0.2, -0.15) is 0 Å². The number of carboxylic acids is 4. The average molecular weight is 406 g/mol. The molecule has 0 saturated carbocycles. The van der Waals surface area contributed by atoms with Crippen LogP contribution in [-0.2, 0) is 52.2 Å². The van der Waals surface area contributed by atoms with Crippen LogP contribution in [0, 0.1) is 0 Å². The van der Waals surface area contributed by atoms with Crippen molar-refractivity contribution in [2.45, 2.75) is 0 Å². The van der Waals surface area contributed by atoms with Gasteiger partial charge < -0.3 is 39.6 Å². The van der Waals surface area contributed by atoms with Gasteiger partial charge in [-0.3, -0.25) is 9.80 Å². The van der Waals surface area contributed by atoms with E-state index in [2.05, 4.69) is 0 Å². The van der Waals surface area contributed by atoms with Gasteiger partial charge in [-0.25, -0.2) is 0 Å². The first-order chi connectivity index (χ1) is 9.20. The van der Waals surface area contributed by atoms with Crippen LogP contribution in [-0.4, -0.2) is 72.9 Å². The van der Waals surface area contributed by atoms with E-state index in [0.29, 0.717) is 0 Å². The van der Waals surface area contributed by atoms with Gasteiger partial charge in [-0.1, -0.05) is 0 Å². The number of rotatable bonds is 11. The molecule has 0 radical (unpaired) electrons. The molecule has 0 amide bonds. The predicted octanol–water partition coefficient (Wildman–Crippen LogP) is -7.42. The number of hydrogen-bond acceptors (Lipinski definition) is 10. The van der Waals surface area contributed by atoms with Gasteiger partial charge in [0.2, 0.25) is 0 Å². The van der Waals surface area contributed by atoms with Crippen LogP contribution in [0.15, 0.2) is 0 Å². The molecule has 0 spiro atoms. The maximum absolute atomic E-state index is 10.4. The first-order valence-electron chi connectivity index (χ1n) is 5.44. The Kier molecular flexibility index (Phi) is 15.7. The van der Waals surface area contributed by atoms with E-state index in [1.807, 2.05) is 0 Å². The van der Waals surface area contributed by atoms with Crippen molar-refractivity contribution in [3.63, 3.8) is 0 Å². The van der Waals surface area contributed by atoms with Crippen LogP contribution in [0.5, 0.6) is 0 Å². The van der Waals surface area contributed by atoms with E-state index in [4.69, 9.17) is 0 Å². The van der Waals surface area contributed by atoms with Crippen molar-refractivity contribution in [2.24, 2.45) is 0 Å². The topological polar surface area (TPSA) is 167 Å². The molecule has 0 fully saturated rings. The maximum atomic E-state index is 10.4. The molecule has 0 unspecified atom stereocenters. The predicted molar refractivity (Wildman–Crippen MR) is 52.9 cm³/mol.